The number of ether oxygens (including phenoxy) is 1. The van der Waals surface area contributed by atoms with Crippen LogP contribution in [0.1, 0.15) is 10.8 Å². The average molecular weight is 276 g/mol. The minimum Gasteiger partial charge on any atom is -0.468 e. The molecule has 0 aliphatic carbocycles. The van der Waals surface area contributed by atoms with E-state index in [1.807, 2.05) is 12.3 Å². The summed E-state index contributed by atoms with van der Waals surface area (Å²) in [6, 6.07) is 0.423. The van der Waals surface area contributed by atoms with E-state index in [0.29, 0.717) is 29.8 Å². The number of H-pyrrole nitrogens is 1. The van der Waals surface area contributed by atoms with Gasteiger partial charge in [-0.25, -0.2) is 15.0 Å². The Morgan fingerprint density at radius 2 is 2.26 bits per heavy atom. The lowest BCUT2D eigenvalue weighted by atomic mass is 10.4. The Morgan fingerprint density at radius 1 is 1.37 bits per heavy atom. The van der Waals surface area contributed by atoms with Crippen molar-refractivity contribution in [2.45, 2.75) is 13.5 Å². The lowest BCUT2D eigenvalue weighted by Crippen LogP contribution is -2.03. The third-order valence-electron chi connectivity index (χ3n) is 2.52. The van der Waals surface area contributed by atoms with Gasteiger partial charge >= 0.3 is 0 Å². The molecule has 0 saturated heterocycles. The number of aromatic amines is 1. The maximum absolute atomic E-state index is 5.07. The van der Waals surface area contributed by atoms with Crippen LogP contribution in [0.15, 0.2) is 11.6 Å². The molecule has 0 aliphatic rings. The molecule has 0 bridgehead atoms. The molecule has 0 unspecified atom stereocenters. The highest BCUT2D eigenvalue weighted by Crippen LogP contribution is 2.21. The van der Waals surface area contributed by atoms with Gasteiger partial charge in [0.2, 0.25) is 0 Å². The van der Waals surface area contributed by atoms with Crippen LogP contribution in [0, 0.1) is 6.92 Å². The Balaban J connectivity index is 1.94. The van der Waals surface area contributed by atoms with Gasteiger partial charge in [-0.2, -0.15) is 4.98 Å². The molecular formula is C11H12N6OS. The van der Waals surface area contributed by atoms with Crippen molar-refractivity contribution in [1.29, 1.82) is 0 Å². The number of aryl methyl sites for hydroxylation is 1. The van der Waals surface area contributed by atoms with E-state index in [9.17, 15) is 0 Å². The molecule has 3 heterocycles. The van der Waals surface area contributed by atoms with E-state index in [-0.39, 0.29) is 0 Å². The molecule has 98 valence electrons. The van der Waals surface area contributed by atoms with Crippen LogP contribution < -0.4 is 10.1 Å². The highest BCUT2D eigenvalue weighted by atomic mass is 32.1. The largest absolute Gasteiger partial charge is 0.468 e. The second-order valence-electron chi connectivity index (χ2n) is 3.84. The molecule has 0 spiro atoms. The SMILES string of the molecule is COc1nc2nc(C)nc(NCc3nccs3)c2[nH]1. The van der Waals surface area contributed by atoms with E-state index in [4.69, 9.17) is 4.74 Å². The van der Waals surface area contributed by atoms with Gasteiger partial charge in [-0.15, -0.1) is 11.3 Å². The normalized spacial score (nSPS) is 10.8. The first-order valence-electron chi connectivity index (χ1n) is 5.67. The molecule has 2 N–H and O–H groups in total. The number of imidazole rings is 1. The van der Waals surface area contributed by atoms with Crippen LogP contribution in [-0.2, 0) is 6.54 Å². The first-order valence-corrected chi connectivity index (χ1v) is 6.55. The quantitative estimate of drug-likeness (QED) is 0.754. The average Bonchev–Trinajstić information content (AvgIpc) is 3.04. The highest BCUT2D eigenvalue weighted by molar-refractivity contribution is 7.09. The zero-order chi connectivity index (χ0) is 13.2. The minimum atomic E-state index is 0.423. The number of nitrogens with zero attached hydrogens (tertiary/aromatic N) is 4. The molecule has 0 aromatic carbocycles. The molecule has 3 aromatic rings. The predicted molar refractivity (Wildman–Crippen MR) is 72.4 cm³/mol. The van der Waals surface area contributed by atoms with E-state index in [2.05, 4.69) is 30.2 Å². The summed E-state index contributed by atoms with van der Waals surface area (Å²) >= 11 is 1.59. The first-order chi connectivity index (χ1) is 9.26. The summed E-state index contributed by atoms with van der Waals surface area (Å²) in [7, 11) is 1.56. The van der Waals surface area contributed by atoms with Gasteiger partial charge in [0.1, 0.15) is 16.3 Å². The van der Waals surface area contributed by atoms with Crippen molar-refractivity contribution >= 4 is 28.3 Å². The van der Waals surface area contributed by atoms with E-state index in [1.165, 1.54) is 0 Å². The molecule has 0 atom stereocenters. The summed E-state index contributed by atoms with van der Waals surface area (Å²) in [5.74, 6) is 1.36. The summed E-state index contributed by atoms with van der Waals surface area (Å²) in [6.45, 7) is 2.44. The molecule has 7 nitrogen and oxygen atoms in total. The Morgan fingerprint density at radius 3 is 3.00 bits per heavy atom. The molecule has 0 amide bonds. The van der Waals surface area contributed by atoms with Crippen molar-refractivity contribution in [2.24, 2.45) is 0 Å². The number of fused-ring (bicyclic) bond motifs is 1. The standard InChI is InChI=1S/C11H12N6OS/c1-6-14-9(13-5-7-12-3-4-19-7)8-10(15-6)17-11(16-8)18-2/h3-4H,5H2,1-2H3,(H2,13,14,15,16,17). The molecule has 19 heavy (non-hydrogen) atoms. The molecule has 0 radical (unpaired) electrons. The monoisotopic (exact) mass is 276 g/mol. The summed E-state index contributed by atoms with van der Waals surface area (Å²) in [6.07, 6.45) is 1.78. The van der Waals surface area contributed by atoms with Gasteiger partial charge in [-0.1, -0.05) is 0 Å². The zero-order valence-corrected chi connectivity index (χ0v) is 11.3. The number of methoxy groups -OCH3 is 1. The summed E-state index contributed by atoms with van der Waals surface area (Å²) in [5.41, 5.74) is 1.32. The number of rotatable bonds is 4. The van der Waals surface area contributed by atoms with Gasteiger partial charge in [-0.05, 0) is 6.92 Å². The van der Waals surface area contributed by atoms with E-state index in [1.54, 1.807) is 24.6 Å². The van der Waals surface area contributed by atoms with Gasteiger partial charge in [0, 0.05) is 11.6 Å². The number of aromatic nitrogens is 5. The lowest BCUT2D eigenvalue weighted by Gasteiger charge is -2.04. The zero-order valence-electron chi connectivity index (χ0n) is 10.5. The molecule has 3 aromatic heterocycles. The topological polar surface area (TPSA) is 88.6 Å². The van der Waals surface area contributed by atoms with Crippen LogP contribution in [0.5, 0.6) is 6.01 Å². The number of anilines is 1. The van der Waals surface area contributed by atoms with Crippen LogP contribution in [0.2, 0.25) is 0 Å². The van der Waals surface area contributed by atoms with Crippen LogP contribution in [0.3, 0.4) is 0 Å². The van der Waals surface area contributed by atoms with Gasteiger partial charge in [-0.3, -0.25) is 0 Å². The maximum Gasteiger partial charge on any atom is 0.295 e. The Bertz CT molecular complexity index is 693. The summed E-state index contributed by atoms with van der Waals surface area (Å²) in [5, 5.41) is 6.18. The molecule has 0 saturated carbocycles. The van der Waals surface area contributed by atoms with Crippen LogP contribution >= 0.6 is 11.3 Å². The van der Waals surface area contributed by atoms with Gasteiger partial charge in [0.15, 0.2) is 11.5 Å². The maximum atomic E-state index is 5.07. The predicted octanol–water partition coefficient (Wildman–Crippen LogP) is 1.74. The molecule has 0 fully saturated rings. The van der Waals surface area contributed by atoms with Gasteiger partial charge in [0.25, 0.3) is 6.01 Å². The second kappa shape index (κ2) is 4.81. The Hall–Kier alpha value is -2.22. The van der Waals surface area contributed by atoms with E-state index < -0.39 is 0 Å². The molecule has 3 rings (SSSR count). The van der Waals surface area contributed by atoms with Gasteiger partial charge < -0.3 is 15.0 Å². The molecule has 8 heteroatoms. The second-order valence-corrected chi connectivity index (χ2v) is 4.82. The fraction of sp³-hybridized carbons (Fsp3) is 0.273. The van der Waals surface area contributed by atoms with Crippen molar-refractivity contribution in [3.05, 3.63) is 22.4 Å². The van der Waals surface area contributed by atoms with Gasteiger partial charge in [0.05, 0.1) is 13.7 Å². The third kappa shape index (κ3) is 2.34. The number of hydrogen-bond donors (Lipinski definition) is 2. The fourth-order valence-electron chi connectivity index (χ4n) is 1.71. The van der Waals surface area contributed by atoms with Crippen molar-refractivity contribution in [3.63, 3.8) is 0 Å². The fourth-order valence-corrected chi connectivity index (χ4v) is 2.27. The van der Waals surface area contributed by atoms with Crippen LogP contribution in [0.4, 0.5) is 5.82 Å². The molecular weight excluding hydrogens is 264 g/mol. The first kappa shape index (κ1) is 11.8. The highest BCUT2D eigenvalue weighted by Gasteiger charge is 2.11. The Labute approximate surface area is 113 Å². The van der Waals surface area contributed by atoms with Crippen LogP contribution in [0.25, 0.3) is 11.2 Å². The number of nitrogens with one attached hydrogen (secondary N) is 2. The van der Waals surface area contributed by atoms with Crippen molar-refractivity contribution in [3.8, 4) is 6.01 Å². The third-order valence-corrected chi connectivity index (χ3v) is 3.30. The smallest absolute Gasteiger partial charge is 0.295 e. The number of thiazole rings is 1. The van der Waals surface area contributed by atoms with Crippen LogP contribution in [-0.4, -0.2) is 32.0 Å². The van der Waals surface area contributed by atoms with Crippen molar-refractivity contribution < 1.29 is 4.74 Å². The molecule has 0 aliphatic heterocycles. The lowest BCUT2D eigenvalue weighted by molar-refractivity contribution is 0.386. The van der Waals surface area contributed by atoms with E-state index in [0.717, 1.165) is 10.5 Å². The van der Waals surface area contributed by atoms with Crippen molar-refractivity contribution in [1.82, 2.24) is 24.9 Å². The minimum absolute atomic E-state index is 0.423. The van der Waals surface area contributed by atoms with E-state index >= 15 is 0 Å². The summed E-state index contributed by atoms with van der Waals surface area (Å²) in [4.78, 5) is 20.1. The number of hydrogen-bond acceptors (Lipinski definition) is 7. The van der Waals surface area contributed by atoms with Crippen molar-refractivity contribution in [2.75, 3.05) is 12.4 Å². The Kier molecular flexibility index (Phi) is 3.00. The summed E-state index contributed by atoms with van der Waals surface area (Å²) < 4.78 is 5.07.